The molecule has 5 N–H and O–H groups in total. The van der Waals surface area contributed by atoms with Crippen molar-refractivity contribution in [2.75, 3.05) is 5.32 Å². The van der Waals surface area contributed by atoms with Gasteiger partial charge in [0, 0.05) is 34.8 Å². The highest BCUT2D eigenvalue weighted by atomic mass is 16.2. The SMILES string of the molecule is NC(=O)c1ccc(NC(=O)c2cccc(-c3nc4ccccc4[nH]3)c2)cc1-c1ncc[nH]1. The van der Waals surface area contributed by atoms with Gasteiger partial charge in [-0.1, -0.05) is 24.3 Å². The Bertz CT molecular complexity index is 1420. The average Bonchev–Trinajstić information content (AvgIpc) is 3.49. The van der Waals surface area contributed by atoms with Gasteiger partial charge in [0.25, 0.3) is 5.91 Å². The molecule has 3 aromatic carbocycles. The van der Waals surface area contributed by atoms with E-state index in [-0.39, 0.29) is 5.91 Å². The number of nitrogens with two attached hydrogens (primary N) is 1. The van der Waals surface area contributed by atoms with Gasteiger partial charge in [0.1, 0.15) is 11.6 Å². The normalized spacial score (nSPS) is 10.9. The highest BCUT2D eigenvalue weighted by molar-refractivity contribution is 6.06. The third-order valence-electron chi connectivity index (χ3n) is 5.08. The molecular formula is C24H18N6O2. The lowest BCUT2D eigenvalue weighted by Gasteiger charge is -2.10. The molecule has 8 heteroatoms. The molecule has 2 amide bonds. The van der Waals surface area contributed by atoms with Crippen molar-refractivity contribution in [3.63, 3.8) is 0 Å². The largest absolute Gasteiger partial charge is 0.366 e. The third kappa shape index (κ3) is 3.61. The summed E-state index contributed by atoms with van der Waals surface area (Å²) in [7, 11) is 0. The maximum atomic E-state index is 12.9. The van der Waals surface area contributed by atoms with Gasteiger partial charge in [0.15, 0.2) is 0 Å². The average molecular weight is 422 g/mol. The van der Waals surface area contributed by atoms with Crippen LogP contribution in [0.4, 0.5) is 5.69 Å². The molecule has 156 valence electrons. The first-order valence-electron chi connectivity index (χ1n) is 9.88. The van der Waals surface area contributed by atoms with E-state index in [0.717, 1.165) is 16.6 Å². The number of carbonyl (C=O) groups is 2. The number of fused-ring (bicyclic) bond motifs is 1. The number of aromatic nitrogens is 4. The Hall–Kier alpha value is -4.72. The first kappa shape index (κ1) is 19.3. The molecule has 0 aliphatic heterocycles. The number of para-hydroxylation sites is 2. The molecule has 2 aromatic heterocycles. The summed E-state index contributed by atoms with van der Waals surface area (Å²) in [5.41, 5.74) is 9.88. The van der Waals surface area contributed by atoms with Crippen LogP contribution in [0.1, 0.15) is 20.7 Å². The lowest BCUT2D eigenvalue weighted by Crippen LogP contribution is -2.15. The number of rotatable bonds is 5. The van der Waals surface area contributed by atoms with Crippen molar-refractivity contribution >= 4 is 28.5 Å². The minimum absolute atomic E-state index is 0.291. The van der Waals surface area contributed by atoms with Crippen LogP contribution in [0.5, 0.6) is 0 Å². The summed E-state index contributed by atoms with van der Waals surface area (Å²) in [5, 5.41) is 2.87. The second-order valence-electron chi connectivity index (χ2n) is 7.20. The van der Waals surface area contributed by atoms with E-state index in [1.807, 2.05) is 36.4 Å². The molecule has 0 bridgehead atoms. The van der Waals surface area contributed by atoms with Crippen LogP contribution in [0, 0.1) is 0 Å². The van der Waals surface area contributed by atoms with E-state index < -0.39 is 5.91 Å². The summed E-state index contributed by atoms with van der Waals surface area (Å²) in [4.78, 5) is 39.7. The van der Waals surface area contributed by atoms with E-state index in [0.29, 0.717) is 34.0 Å². The predicted octanol–water partition coefficient (Wildman–Crippen LogP) is 3.97. The Labute approximate surface area is 182 Å². The van der Waals surface area contributed by atoms with Crippen molar-refractivity contribution in [2.24, 2.45) is 5.73 Å². The number of benzene rings is 3. The fourth-order valence-electron chi connectivity index (χ4n) is 3.55. The number of carbonyl (C=O) groups excluding carboxylic acids is 2. The topological polar surface area (TPSA) is 130 Å². The Morgan fingerprint density at radius 1 is 0.938 bits per heavy atom. The van der Waals surface area contributed by atoms with Crippen LogP contribution < -0.4 is 11.1 Å². The van der Waals surface area contributed by atoms with E-state index in [1.165, 1.54) is 0 Å². The molecule has 0 aliphatic carbocycles. The molecule has 8 nitrogen and oxygen atoms in total. The van der Waals surface area contributed by atoms with Crippen molar-refractivity contribution in [3.05, 3.63) is 90.3 Å². The fraction of sp³-hybridized carbons (Fsp3) is 0. The number of H-pyrrole nitrogens is 2. The lowest BCUT2D eigenvalue weighted by molar-refractivity contribution is 0.0998. The van der Waals surface area contributed by atoms with Crippen LogP contribution in [0.2, 0.25) is 0 Å². The lowest BCUT2D eigenvalue weighted by atomic mass is 10.0. The van der Waals surface area contributed by atoms with Crippen molar-refractivity contribution in [3.8, 4) is 22.8 Å². The monoisotopic (exact) mass is 422 g/mol. The van der Waals surface area contributed by atoms with Crippen molar-refractivity contribution in [1.82, 2.24) is 19.9 Å². The van der Waals surface area contributed by atoms with Crippen LogP contribution in [0.15, 0.2) is 79.1 Å². The molecule has 0 unspecified atom stereocenters. The van der Waals surface area contributed by atoms with E-state index in [2.05, 4.69) is 25.3 Å². The first-order valence-corrected chi connectivity index (χ1v) is 9.88. The van der Waals surface area contributed by atoms with Crippen molar-refractivity contribution in [1.29, 1.82) is 0 Å². The highest BCUT2D eigenvalue weighted by Gasteiger charge is 2.15. The van der Waals surface area contributed by atoms with E-state index >= 15 is 0 Å². The third-order valence-corrected chi connectivity index (χ3v) is 5.08. The standard InChI is InChI=1S/C24H18N6O2/c25-21(31)17-9-8-16(13-18(17)23-26-10-11-27-23)28-24(32)15-5-3-4-14(12-15)22-29-19-6-1-2-7-20(19)30-22/h1-13H,(H2,25,31)(H,26,27)(H,28,32)(H,29,30). The Morgan fingerprint density at radius 3 is 2.59 bits per heavy atom. The summed E-state index contributed by atoms with van der Waals surface area (Å²) in [6.07, 6.45) is 3.23. The molecular weight excluding hydrogens is 404 g/mol. The zero-order valence-electron chi connectivity index (χ0n) is 16.8. The van der Waals surface area contributed by atoms with Crippen molar-refractivity contribution in [2.45, 2.75) is 0 Å². The first-order chi connectivity index (χ1) is 15.6. The van der Waals surface area contributed by atoms with Gasteiger partial charge in [-0.15, -0.1) is 0 Å². The maximum Gasteiger partial charge on any atom is 0.255 e. The number of primary amides is 1. The number of imidazole rings is 2. The van der Waals surface area contributed by atoms with E-state index in [4.69, 9.17) is 5.73 Å². The van der Waals surface area contributed by atoms with Gasteiger partial charge in [0.05, 0.1) is 16.6 Å². The second-order valence-corrected chi connectivity index (χ2v) is 7.20. The predicted molar refractivity (Wildman–Crippen MR) is 122 cm³/mol. The summed E-state index contributed by atoms with van der Waals surface area (Å²) >= 11 is 0. The molecule has 32 heavy (non-hydrogen) atoms. The maximum absolute atomic E-state index is 12.9. The number of anilines is 1. The van der Waals surface area contributed by atoms with Gasteiger partial charge in [-0.05, 0) is 42.5 Å². The van der Waals surface area contributed by atoms with Gasteiger partial charge in [-0.2, -0.15) is 0 Å². The highest BCUT2D eigenvalue weighted by Crippen LogP contribution is 2.25. The number of hydrogen-bond acceptors (Lipinski definition) is 4. The second kappa shape index (κ2) is 7.84. The molecule has 2 heterocycles. The quantitative estimate of drug-likeness (QED) is 0.341. The molecule has 0 saturated carbocycles. The van der Waals surface area contributed by atoms with Gasteiger partial charge in [-0.3, -0.25) is 9.59 Å². The van der Waals surface area contributed by atoms with E-state index in [9.17, 15) is 9.59 Å². The minimum atomic E-state index is -0.576. The van der Waals surface area contributed by atoms with Crippen LogP contribution in [-0.2, 0) is 0 Å². The molecule has 0 radical (unpaired) electrons. The number of hydrogen-bond donors (Lipinski definition) is 4. The molecule has 0 fully saturated rings. The zero-order valence-corrected chi connectivity index (χ0v) is 16.8. The zero-order chi connectivity index (χ0) is 22.1. The molecule has 5 rings (SSSR count). The Kier molecular flexibility index (Phi) is 4.72. The van der Waals surface area contributed by atoms with Crippen LogP contribution in [-0.4, -0.2) is 31.8 Å². The fourth-order valence-corrected chi connectivity index (χ4v) is 3.55. The summed E-state index contributed by atoms with van der Waals surface area (Å²) in [6, 6.07) is 19.8. The molecule has 0 saturated heterocycles. The summed E-state index contributed by atoms with van der Waals surface area (Å²) in [5.74, 6) is 0.307. The minimum Gasteiger partial charge on any atom is -0.366 e. The van der Waals surface area contributed by atoms with Gasteiger partial charge in [-0.25, -0.2) is 9.97 Å². The van der Waals surface area contributed by atoms with Gasteiger partial charge in [0.2, 0.25) is 5.91 Å². The van der Waals surface area contributed by atoms with Gasteiger partial charge < -0.3 is 21.0 Å². The smallest absolute Gasteiger partial charge is 0.255 e. The van der Waals surface area contributed by atoms with E-state index in [1.54, 1.807) is 42.7 Å². The molecule has 0 aliphatic rings. The summed E-state index contributed by atoms with van der Waals surface area (Å²) < 4.78 is 0. The number of nitrogens with zero attached hydrogens (tertiary/aromatic N) is 2. The van der Waals surface area contributed by atoms with Crippen molar-refractivity contribution < 1.29 is 9.59 Å². The Balaban J connectivity index is 1.44. The van der Waals surface area contributed by atoms with Crippen LogP contribution >= 0.6 is 0 Å². The summed E-state index contributed by atoms with van der Waals surface area (Å²) in [6.45, 7) is 0. The molecule has 0 atom stereocenters. The number of aromatic amines is 2. The Morgan fingerprint density at radius 2 is 1.81 bits per heavy atom. The molecule has 0 spiro atoms. The van der Waals surface area contributed by atoms with Crippen LogP contribution in [0.3, 0.4) is 0 Å². The van der Waals surface area contributed by atoms with Crippen LogP contribution in [0.25, 0.3) is 33.8 Å². The number of amides is 2. The van der Waals surface area contributed by atoms with Gasteiger partial charge >= 0.3 is 0 Å². The number of nitrogens with one attached hydrogen (secondary N) is 3. The molecule has 5 aromatic rings.